The van der Waals surface area contributed by atoms with Crippen LogP contribution in [0.2, 0.25) is 0 Å². The van der Waals surface area contributed by atoms with Gasteiger partial charge in [-0.25, -0.2) is 9.97 Å². The Hall–Kier alpha value is -0.470. The van der Waals surface area contributed by atoms with Gasteiger partial charge in [0, 0.05) is 19.0 Å². The van der Waals surface area contributed by atoms with Crippen LogP contribution in [0, 0.1) is 3.57 Å². The summed E-state index contributed by atoms with van der Waals surface area (Å²) in [5, 5.41) is 0. The summed E-state index contributed by atoms with van der Waals surface area (Å²) in [6.07, 6.45) is 4.99. The van der Waals surface area contributed by atoms with Gasteiger partial charge in [-0.05, 0) is 42.0 Å². The molecule has 0 amide bonds. The second-order valence-electron chi connectivity index (χ2n) is 5.90. The number of hydrogen-bond acceptors (Lipinski definition) is 5. The summed E-state index contributed by atoms with van der Waals surface area (Å²) in [6, 6.07) is 0. The second kappa shape index (κ2) is 6.75. The Morgan fingerprint density at radius 3 is 2.81 bits per heavy atom. The molecule has 3 rings (SSSR count). The molecule has 1 saturated carbocycles. The first-order valence-corrected chi connectivity index (χ1v) is 8.93. The lowest BCUT2D eigenvalue weighted by Gasteiger charge is -2.31. The molecule has 1 atom stereocenters. The van der Waals surface area contributed by atoms with Crippen molar-refractivity contribution >= 4 is 28.4 Å². The smallest absolute Gasteiger partial charge is 0.161 e. The molecule has 116 valence electrons. The number of nitrogen functional groups attached to an aromatic ring is 1. The van der Waals surface area contributed by atoms with Crippen molar-refractivity contribution in [1.29, 1.82) is 0 Å². The molecule has 1 aromatic rings. The van der Waals surface area contributed by atoms with Gasteiger partial charge in [-0.1, -0.05) is 19.8 Å². The first-order chi connectivity index (χ1) is 10.2. The number of hydrogen-bond donors (Lipinski definition) is 1. The first-order valence-electron chi connectivity index (χ1n) is 7.85. The highest BCUT2D eigenvalue weighted by atomic mass is 127. The summed E-state index contributed by atoms with van der Waals surface area (Å²) >= 11 is 2.29. The Kier molecular flexibility index (Phi) is 4.96. The van der Waals surface area contributed by atoms with E-state index in [0.717, 1.165) is 41.3 Å². The monoisotopic (exact) mass is 402 g/mol. The van der Waals surface area contributed by atoms with Crippen LogP contribution >= 0.6 is 22.6 Å². The SMILES string of the molecule is CCN1CCOC(c2nc(N)c(I)c(C3CCCC3)n2)C1. The molecule has 21 heavy (non-hydrogen) atoms. The molecule has 1 unspecified atom stereocenters. The molecule has 1 aliphatic heterocycles. The fraction of sp³-hybridized carbons (Fsp3) is 0.733. The van der Waals surface area contributed by atoms with Gasteiger partial charge in [-0.15, -0.1) is 0 Å². The maximum Gasteiger partial charge on any atom is 0.161 e. The maximum atomic E-state index is 6.14. The van der Waals surface area contributed by atoms with Crippen LogP contribution in [0.5, 0.6) is 0 Å². The van der Waals surface area contributed by atoms with Crippen LogP contribution in [0.15, 0.2) is 0 Å². The summed E-state index contributed by atoms with van der Waals surface area (Å²) in [7, 11) is 0. The number of nitrogens with two attached hydrogens (primary N) is 1. The van der Waals surface area contributed by atoms with Gasteiger partial charge in [-0.2, -0.15) is 0 Å². The van der Waals surface area contributed by atoms with Gasteiger partial charge in [0.25, 0.3) is 0 Å². The Morgan fingerprint density at radius 2 is 2.10 bits per heavy atom. The van der Waals surface area contributed by atoms with E-state index in [1.807, 2.05) is 0 Å². The second-order valence-corrected chi connectivity index (χ2v) is 6.98. The molecule has 1 aliphatic carbocycles. The van der Waals surface area contributed by atoms with Gasteiger partial charge in [0.2, 0.25) is 0 Å². The van der Waals surface area contributed by atoms with Crippen LogP contribution in [0.1, 0.15) is 56.1 Å². The van der Waals surface area contributed by atoms with E-state index in [1.165, 1.54) is 25.7 Å². The number of aromatic nitrogens is 2. The van der Waals surface area contributed by atoms with E-state index >= 15 is 0 Å². The molecule has 2 heterocycles. The molecule has 6 heteroatoms. The van der Waals surface area contributed by atoms with E-state index in [4.69, 9.17) is 15.5 Å². The minimum absolute atomic E-state index is 0.0434. The molecule has 0 radical (unpaired) electrons. The third-order valence-corrected chi connectivity index (χ3v) is 5.65. The molecule has 2 aliphatic rings. The van der Waals surface area contributed by atoms with E-state index in [-0.39, 0.29) is 6.10 Å². The standard InChI is InChI=1S/C15H23IN4O/c1-2-20-7-8-21-11(9-20)15-18-13(10-5-3-4-6-10)12(16)14(17)19-15/h10-11H,2-9H2,1H3,(H2,17,18,19). The molecule has 1 saturated heterocycles. The summed E-state index contributed by atoms with van der Waals surface area (Å²) in [6.45, 7) is 5.81. The first kappa shape index (κ1) is 15.4. The zero-order chi connectivity index (χ0) is 14.8. The van der Waals surface area contributed by atoms with Crippen molar-refractivity contribution in [3.05, 3.63) is 15.1 Å². The van der Waals surface area contributed by atoms with Gasteiger partial charge >= 0.3 is 0 Å². The summed E-state index contributed by atoms with van der Waals surface area (Å²) < 4.78 is 6.92. The Labute approximate surface area is 139 Å². The van der Waals surface area contributed by atoms with E-state index in [1.54, 1.807) is 0 Å². The number of morpholine rings is 1. The van der Waals surface area contributed by atoms with E-state index in [2.05, 4.69) is 39.4 Å². The predicted molar refractivity (Wildman–Crippen MR) is 91.2 cm³/mol. The van der Waals surface area contributed by atoms with E-state index < -0.39 is 0 Å². The van der Waals surface area contributed by atoms with Crippen molar-refractivity contribution in [1.82, 2.24) is 14.9 Å². The zero-order valence-electron chi connectivity index (χ0n) is 12.5. The minimum atomic E-state index is -0.0434. The van der Waals surface area contributed by atoms with E-state index in [0.29, 0.717) is 11.7 Å². The number of ether oxygens (including phenoxy) is 1. The predicted octanol–water partition coefficient (Wildman–Crippen LogP) is 2.71. The number of likely N-dealkylation sites (N-methyl/N-ethyl adjacent to an activating group) is 1. The van der Waals surface area contributed by atoms with Crippen molar-refractivity contribution in [3.63, 3.8) is 0 Å². The summed E-state index contributed by atoms with van der Waals surface area (Å²) in [5.41, 5.74) is 7.28. The molecular weight excluding hydrogens is 379 g/mol. The third-order valence-electron chi connectivity index (χ3n) is 4.55. The van der Waals surface area contributed by atoms with Crippen molar-refractivity contribution in [2.45, 2.75) is 44.6 Å². The highest BCUT2D eigenvalue weighted by Crippen LogP contribution is 2.37. The highest BCUT2D eigenvalue weighted by Gasteiger charge is 2.28. The number of rotatable bonds is 3. The zero-order valence-corrected chi connectivity index (χ0v) is 14.7. The average Bonchev–Trinajstić information content (AvgIpc) is 3.04. The average molecular weight is 402 g/mol. The van der Waals surface area contributed by atoms with Crippen LogP contribution in [0.25, 0.3) is 0 Å². The fourth-order valence-electron chi connectivity index (χ4n) is 3.26. The van der Waals surface area contributed by atoms with Crippen LogP contribution in [-0.2, 0) is 4.74 Å². The number of anilines is 1. The lowest BCUT2D eigenvalue weighted by atomic mass is 10.0. The molecule has 0 aromatic carbocycles. The molecular formula is C15H23IN4O. The lowest BCUT2D eigenvalue weighted by Crippen LogP contribution is -2.38. The summed E-state index contributed by atoms with van der Waals surface area (Å²) in [5.74, 6) is 1.93. The van der Waals surface area contributed by atoms with Crippen molar-refractivity contribution < 1.29 is 4.74 Å². The van der Waals surface area contributed by atoms with Crippen LogP contribution in [0.3, 0.4) is 0 Å². The summed E-state index contributed by atoms with van der Waals surface area (Å²) in [4.78, 5) is 11.7. The van der Waals surface area contributed by atoms with Crippen molar-refractivity contribution in [2.24, 2.45) is 0 Å². The molecule has 2 fully saturated rings. The van der Waals surface area contributed by atoms with Gasteiger partial charge in [0.05, 0.1) is 15.9 Å². The van der Waals surface area contributed by atoms with Gasteiger partial charge in [0.15, 0.2) is 5.82 Å². The van der Waals surface area contributed by atoms with Crippen LogP contribution in [-0.4, -0.2) is 41.1 Å². The molecule has 1 aromatic heterocycles. The lowest BCUT2D eigenvalue weighted by molar-refractivity contribution is -0.0326. The normalized spacial score (nSPS) is 24.6. The quantitative estimate of drug-likeness (QED) is 0.788. The largest absolute Gasteiger partial charge is 0.383 e. The van der Waals surface area contributed by atoms with Crippen LogP contribution < -0.4 is 5.73 Å². The fourth-order valence-corrected chi connectivity index (χ4v) is 3.94. The maximum absolute atomic E-state index is 6.14. The van der Waals surface area contributed by atoms with Crippen molar-refractivity contribution in [3.8, 4) is 0 Å². The number of halogens is 1. The minimum Gasteiger partial charge on any atom is -0.383 e. The molecule has 0 spiro atoms. The molecule has 5 nitrogen and oxygen atoms in total. The van der Waals surface area contributed by atoms with Gasteiger partial charge < -0.3 is 10.5 Å². The van der Waals surface area contributed by atoms with E-state index in [9.17, 15) is 0 Å². The Balaban J connectivity index is 1.88. The highest BCUT2D eigenvalue weighted by molar-refractivity contribution is 14.1. The Bertz CT molecular complexity index is 505. The third kappa shape index (κ3) is 3.32. The topological polar surface area (TPSA) is 64.3 Å². The van der Waals surface area contributed by atoms with Crippen LogP contribution in [0.4, 0.5) is 5.82 Å². The van der Waals surface area contributed by atoms with Crippen molar-refractivity contribution in [2.75, 3.05) is 32.0 Å². The van der Waals surface area contributed by atoms with Gasteiger partial charge in [0.1, 0.15) is 11.9 Å². The Morgan fingerprint density at radius 1 is 1.33 bits per heavy atom. The molecule has 0 bridgehead atoms. The molecule has 2 N–H and O–H groups in total. The van der Waals surface area contributed by atoms with Gasteiger partial charge in [-0.3, -0.25) is 4.90 Å². The number of nitrogens with zero attached hydrogens (tertiary/aromatic N) is 3.